The van der Waals surface area contributed by atoms with Crippen LogP contribution in [-0.4, -0.2) is 33.7 Å². The number of aromatic nitrogens is 3. The number of nitrogens with one attached hydrogen (secondary N) is 1. The van der Waals surface area contributed by atoms with Gasteiger partial charge < -0.3 is 14.8 Å². The SMILES string of the molecule is COc1ccccc1OCC(=O)Nc1cnc2c(c1)c(=O)n(C)c(=O)n2C. The minimum absolute atomic E-state index is 0.225. The second kappa shape index (κ2) is 7.32. The monoisotopic (exact) mass is 370 g/mol. The van der Waals surface area contributed by atoms with Gasteiger partial charge in [0, 0.05) is 14.1 Å². The summed E-state index contributed by atoms with van der Waals surface area (Å²) in [6.07, 6.45) is 1.38. The lowest BCUT2D eigenvalue weighted by Gasteiger charge is -2.11. The van der Waals surface area contributed by atoms with Crippen LogP contribution in [0.1, 0.15) is 0 Å². The van der Waals surface area contributed by atoms with Gasteiger partial charge in [0.05, 0.1) is 24.4 Å². The Labute approximate surface area is 153 Å². The maximum absolute atomic E-state index is 12.3. The minimum atomic E-state index is -0.484. The van der Waals surface area contributed by atoms with Gasteiger partial charge >= 0.3 is 5.69 Å². The van der Waals surface area contributed by atoms with Crippen molar-refractivity contribution in [3.05, 3.63) is 57.4 Å². The Morgan fingerprint density at radius 2 is 1.85 bits per heavy atom. The molecule has 1 amide bonds. The molecule has 0 saturated heterocycles. The molecule has 3 rings (SSSR count). The van der Waals surface area contributed by atoms with Gasteiger partial charge in [0.1, 0.15) is 5.65 Å². The first-order valence-electron chi connectivity index (χ1n) is 8.04. The Morgan fingerprint density at radius 3 is 2.56 bits per heavy atom. The van der Waals surface area contributed by atoms with Crippen molar-refractivity contribution in [3.8, 4) is 11.5 Å². The van der Waals surface area contributed by atoms with Crippen molar-refractivity contribution >= 4 is 22.6 Å². The van der Waals surface area contributed by atoms with Gasteiger partial charge in [-0.3, -0.25) is 18.7 Å². The van der Waals surface area contributed by atoms with Gasteiger partial charge in [-0.1, -0.05) is 12.1 Å². The first-order chi connectivity index (χ1) is 12.9. The number of methoxy groups -OCH3 is 1. The summed E-state index contributed by atoms with van der Waals surface area (Å²) in [6, 6.07) is 8.45. The zero-order chi connectivity index (χ0) is 19.6. The molecule has 140 valence electrons. The molecule has 9 nitrogen and oxygen atoms in total. The largest absolute Gasteiger partial charge is 0.493 e. The number of aryl methyl sites for hydroxylation is 1. The summed E-state index contributed by atoms with van der Waals surface area (Å²) < 4.78 is 12.9. The van der Waals surface area contributed by atoms with Gasteiger partial charge in [-0.2, -0.15) is 0 Å². The highest BCUT2D eigenvalue weighted by atomic mass is 16.5. The van der Waals surface area contributed by atoms with E-state index in [1.54, 1.807) is 24.3 Å². The maximum Gasteiger partial charge on any atom is 0.332 e. The lowest BCUT2D eigenvalue weighted by Crippen LogP contribution is -2.37. The van der Waals surface area contributed by atoms with E-state index < -0.39 is 17.2 Å². The summed E-state index contributed by atoms with van der Waals surface area (Å²) in [6.45, 7) is -0.246. The van der Waals surface area contributed by atoms with Gasteiger partial charge in [-0.05, 0) is 18.2 Å². The van der Waals surface area contributed by atoms with Crippen LogP contribution in [0.25, 0.3) is 11.0 Å². The zero-order valence-electron chi connectivity index (χ0n) is 15.1. The molecular formula is C18H18N4O5. The van der Waals surface area contributed by atoms with Crippen molar-refractivity contribution in [2.75, 3.05) is 19.0 Å². The first-order valence-corrected chi connectivity index (χ1v) is 8.04. The number of hydrogen-bond donors (Lipinski definition) is 1. The number of amides is 1. The van der Waals surface area contributed by atoms with Crippen LogP contribution in [0.4, 0.5) is 5.69 Å². The average molecular weight is 370 g/mol. The Bertz CT molecular complexity index is 1130. The molecule has 3 aromatic rings. The van der Waals surface area contributed by atoms with Crippen molar-refractivity contribution in [2.45, 2.75) is 0 Å². The number of anilines is 1. The molecule has 0 radical (unpaired) electrons. The summed E-state index contributed by atoms with van der Waals surface area (Å²) in [5.41, 5.74) is -0.387. The molecule has 0 aliphatic heterocycles. The van der Waals surface area contributed by atoms with E-state index in [9.17, 15) is 14.4 Å². The highest BCUT2D eigenvalue weighted by molar-refractivity contribution is 5.93. The average Bonchev–Trinajstić information content (AvgIpc) is 2.69. The van der Waals surface area contributed by atoms with Crippen molar-refractivity contribution in [2.24, 2.45) is 14.1 Å². The van der Waals surface area contributed by atoms with Gasteiger partial charge in [-0.15, -0.1) is 0 Å². The third kappa shape index (κ3) is 3.52. The van der Waals surface area contributed by atoms with E-state index in [-0.39, 0.29) is 17.6 Å². The van der Waals surface area contributed by atoms with E-state index in [1.807, 2.05) is 0 Å². The van der Waals surface area contributed by atoms with Crippen molar-refractivity contribution in [3.63, 3.8) is 0 Å². The molecule has 0 spiro atoms. The summed E-state index contributed by atoms with van der Waals surface area (Å²) in [5.74, 6) is 0.529. The molecule has 27 heavy (non-hydrogen) atoms. The summed E-state index contributed by atoms with van der Waals surface area (Å²) in [7, 11) is 4.42. The fourth-order valence-electron chi connectivity index (χ4n) is 2.61. The Balaban J connectivity index is 1.79. The van der Waals surface area contributed by atoms with Crippen molar-refractivity contribution in [1.29, 1.82) is 0 Å². The highest BCUT2D eigenvalue weighted by Gasteiger charge is 2.12. The van der Waals surface area contributed by atoms with Crippen LogP contribution in [-0.2, 0) is 18.9 Å². The lowest BCUT2D eigenvalue weighted by molar-refractivity contribution is -0.118. The topological polar surface area (TPSA) is 104 Å². The van der Waals surface area contributed by atoms with Gasteiger partial charge in [-0.25, -0.2) is 9.78 Å². The predicted octanol–water partition coefficient (Wildman–Crippen LogP) is 0.658. The Morgan fingerprint density at radius 1 is 1.15 bits per heavy atom. The summed E-state index contributed by atoms with van der Waals surface area (Å²) in [5, 5.41) is 2.84. The predicted molar refractivity (Wildman–Crippen MR) is 99.3 cm³/mol. The van der Waals surface area contributed by atoms with E-state index >= 15 is 0 Å². The molecule has 2 aromatic heterocycles. The number of hydrogen-bond acceptors (Lipinski definition) is 6. The Hall–Kier alpha value is -3.62. The molecule has 0 bridgehead atoms. The van der Waals surface area contributed by atoms with Crippen LogP contribution in [0.5, 0.6) is 11.5 Å². The van der Waals surface area contributed by atoms with E-state index in [4.69, 9.17) is 9.47 Å². The van der Waals surface area contributed by atoms with Gasteiger partial charge in [0.2, 0.25) is 0 Å². The number of fused-ring (bicyclic) bond motifs is 1. The number of carbonyl (C=O) groups excluding carboxylic acids is 1. The molecule has 2 heterocycles. The number of carbonyl (C=O) groups is 1. The minimum Gasteiger partial charge on any atom is -0.493 e. The van der Waals surface area contributed by atoms with Crippen LogP contribution in [0.2, 0.25) is 0 Å². The molecule has 0 atom stereocenters. The third-order valence-corrected chi connectivity index (χ3v) is 4.00. The van der Waals surface area contributed by atoms with E-state index in [1.165, 1.54) is 38.0 Å². The number of benzene rings is 1. The highest BCUT2D eigenvalue weighted by Crippen LogP contribution is 2.25. The summed E-state index contributed by atoms with van der Waals surface area (Å²) in [4.78, 5) is 40.5. The summed E-state index contributed by atoms with van der Waals surface area (Å²) >= 11 is 0. The molecule has 9 heteroatoms. The second-order valence-electron chi connectivity index (χ2n) is 5.79. The molecule has 1 aromatic carbocycles. The van der Waals surface area contributed by atoms with Gasteiger partial charge in [0.15, 0.2) is 18.1 Å². The van der Waals surface area contributed by atoms with Crippen LogP contribution in [0.3, 0.4) is 0 Å². The quantitative estimate of drug-likeness (QED) is 0.707. The van der Waals surface area contributed by atoms with Crippen LogP contribution >= 0.6 is 0 Å². The van der Waals surface area contributed by atoms with E-state index in [0.717, 1.165) is 4.57 Å². The zero-order valence-corrected chi connectivity index (χ0v) is 15.1. The smallest absolute Gasteiger partial charge is 0.332 e. The van der Waals surface area contributed by atoms with Crippen LogP contribution in [0, 0.1) is 0 Å². The molecule has 0 saturated carbocycles. The number of rotatable bonds is 5. The fraction of sp³-hybridized carbons (Fsp3) is 0.222. The lowest BCUT2D eigenvalue weighted by atomic mass is 10.3. The Kier molecular flexibility index (Phi) is 4.93. The second-order valence-corrected chi connectivity index (χ2v) is 5.79. The molecule has 1 N–H and O–H groups in total. The first kappa shape index (κ1) is 18.2. The van der Waals surface area contributed by atoms with Crippen LogP contribution < -0.4 is 26.0 Å². The third-order valence-electron chi connectivity index (χ3n) is 4.00. The molecular weight excluding hydrogens is 352 g/mol. The molecule has 0 fully saturated rings. The normalized spacial score (nSPS) is 10.6. The van der Waals surface area contributed by atoms with Crippen molar-refractivity contribution in [1.82, 2.24) is 14.1 Å². The van der Waals surface area contributed by atoms with Gasteiger partial charge in [0.25, 0.3) is 11.5 Å². The maximum atomic E-state index is 12.3. The van der Waals surface area contributed by atoms with Crippen LogP contribution in [0.15, 0.2) is 46.1 Å². The number of nitrogens with zero attached hydrogens (tertiary/aromatic N) is 3. The standard InChI is InChI=1S/C18H18N4O5/c1-21-16-12(17(24)22(2)18(21)25)8-11(9-19-16)20-15(23)10-27-14-7-5-4-6-13(14)26-3/h4-9H,10H2,1-3H3,(H,20,23). The van der Waals surface area contributed by atoms with E-state index in [2.05, 4.69) is 10.3 Å². The molecule has 0 aliphatic carbocycles. The number of ether oxygens (including phenoxy) is 2. The van der Waals surface area contributed by atoms with E-state index in [0.29, 0.717) is 17.2 Å². The molecule has 0 unspecified atom stereocenters. The van der Waals surface area contributed by atoms with Crippen molar-refractivity contribution < 1.29 is 14.3 Å². The molecule has 0 aliphatic rings. The fourth-order valence-corrected chi connectivity index (χ4v) is 2.61. The number of para-hydroxylation sites is 2. The number of pyridine rings is 1.